The second-order valence-electron chi connectivity index (χ2n) is 2.95. The minimum absolute atomic E-state index is 0.336. The Hall–Kier alpha value is -1.10. The van der Waals surface area contributed by atoms with Crippen LogP contribution in [0, 0.1) is 11.8 Å². The summed E-state index contributed by atoms with van der Waals surface area (Å²) in [5.41, 5.74) is 5.07. The summed E-state index contributed by atoms with van der Waals surface area (Å²) in [6, 6.07) is 0. The molecule has 0 aromatic carbocycles. The molecule has 0 aromatic heterocycles. The normalized spacial score (nSPS) is 29.7. The predicted molar refractivity (Wildman–Crippen MR) is 41.3 cm³/mol. The van der Waals surface area contributed by atoms with E-state index < -0.39 is 23.7 Å². The van der Waals surface area contributed by atoms with Gasteiger partial charge in [-0.1, -0.05) is 0 Å². The maximum Gasteiger partial charge on any atom is 0.308 e. The van der Waals surface area contributed by atoms with Crippen LogP contribution in [-0.4, -0.2) is 30.1 Å². The van der Waals surface area contributed by atoms with E-state index >= 15 is 0 Å². The number of piperidine rings is 1. The van der Waals surface area contributed by atoms with Crippen LogP contribution in [0.1, 0.15) is 6.42 Å². The van der Waals surface area contributed by atoms with Crippen molar-refractivity contribution in [2.75, 3.05) is 13.1 Å². The highest BCUT2D eigenvalue weighted by molar-refractivity contribution is 5.83. The Morgan fingerprint density at radius 2 is 2.08 bits per heavy atom. The van der Waals surface area contributed by atoms with Gasteiger partial charge in [0.25, 0.3) is 0 Å². The van der Waals surface area contributed by atoms with Crippen molar-refractivity contribution in [3.8, 4) is 0 Å². The molecule has 4 N–H and O–H groups in total. The topological polar surface area (TPSA) is 92.4 Å². The van der Waals surface area contributed by atoms with Gasteiger partial charge in [0.2, 0.25) is 5.91 Å². The highest BCUT2D eigenvalue weighted by atomic mass is 16.4. The number of aliphatic carboxylic acids is 1. The van der Waals surface area contributed by atoms with E-state index in [1.807, 2.05) is 0 Å². The Balaban J connectivity index is 2.67. The third-order valence-corrected chi connectivity index (χ3v) is 2.16. The monoisotopic (exact) mass is 172 g/mol. The van der Waals surface area contributed by atoms with Crippen LogP contribution in [0.5, 0.6) is 0 Å². The highest BCUT2D eigenvalue weighted by Crippen LogP contribution is 2.18. The first-order valence-electron chi connectivity index (χ1n) is 3.85. The molecule has 2 unspecified atom stereocenters. The van der Waals surface area contributed by atoms with Crippen LogP contribution in [-0.2, 0) is 9.59 Å². The van der Waals surface area contributed by atoms with Crippen LogP contribution in [0.25, 0.3) is 0 Å². The molecule has 1 fully saturated rings. The SMILES string of the molecule is NC(=O)C1CCNCC1C(=O)O. The zero-order valence-corrected chi connectivity index (χ0v) is 6.62. The van der Waals surface area contributed by atoms with Crippen molar-refractivity contribution in [3.05, 3.63) is 0 Å². The number of carboxylic acids is 1. The average molecular weight is 172 g/mol. The Morgan fingerprint density at radius 1 is 1.42 bits per heavy atom. The first-order valence-corrected chi connectivity index (χ1v) is 3.85. The van der Waals surface area contributed by atoms with Crippen molar-refractivity contribution >= 4 is 11.9 Å². The summed E-state index contributed by atoms with van der Waals surface area (Å²) in [6.45, 7) is 1.00. The van der Waals surface area contributed by atoms with Crippen LogP contribution < -0.4 is 11.1 Å². The lowest BCUT2D eigenvalue weighted by atomic mass is 9.86. The van der Waals surface area contributed by atoms with E-state index in [-0.39, 0.29) is 0 Å². The van der Waals surface area contributed by atoms with Crippen molar-refractivity contribution in [2.24, 2.45) is 17.6 Å². The molecule has 1 aliphatic rings. The molecule has 1 aliphatic heterocycles. The van der Waals surface area contributed by atoms with Gasteiger partial charge in [-0.25, -0.2) is 0 Å². The first kappa shape index (κ1) is 8.99. The molecule has 0 radical (unpaired) electrons. The van der Waals surface area contributed by atoms with Crippen LogP contribution in [0.2, 0.25) is 0 Å². The number of hydrogen-bond donors (Lipinski definition) is 3. The number of hydrogen-bond acceptors (Lipinski definition) is 3. The van der Waals surface area contributed by atoms with Gasteiger partial charge in [-0.05, 0) is 13.0 Å². The average Bonchev–Trinajstić information content (AvgIpc) is 2.04. The van der Waals surface area contributed by atoms with Gasteiger partial charge in [-0.2, -0.15) is 0 Å². The molecule has 68 valence electrons. The van der Waals surface area contributed by atoms with Crippen molar-refractivity contribution < 1.29 is 14.7 Å². The molecule has 1 saturated heterocycles. The van der Waals surface area contributed by atoms with E-state index in [0.717, 1.165) is 0 Å². The van der Waals surface area contributed by atoms with Gasteiger partial charge in [0.1, 0.15) is 0 Å². The largest absolute Gasteiger partial charge is 0.481 e. The number of primary amides is 1. The molecule has 0 bridgehead atoms. The van der Waals surface area contributed by atoms with Crippen LogP contribution in [0.4, 0.5) is 0 Å². The van der Waals surface area contributed by atoms with Gasteiger partial charge in [-0.3, -0.25) is 9.59 Å². The lowest BCUT2D eigenvalue weighted by molar-refractivity contribution is -0.147. The molecular weight excluding hydrogens is 160 g/mol. The quantitative estimate of drug-likeness (QED) is 0.487. The molecule has 2 atom stereocenters. The standard InChI is InChI=1S/C7H12N2O3/c8-6(10)4-1-2-9-3-5(4)7(11)12/h4-5,9H,1-3H2,(H2,8,10)(H,11,12). The fourth-order valence-corrected chi connectivity index (χ4v) is 1.46. The van der Waals surface area contributed by atoms with Gasteiger partial charge < -0.3 is 16.2 Å². The Labute approximate surface area is 69.9 Å². The number of carbonyl (C=O) groups excluding carboxylic acids is 1. The highest BCUT2D eigenvalue weighted by Gasteiger charge is 2.34. The summed E-state index contributed by atoms with van der Waals surface area (Å²) in [7, 11) is 0. The van der Waals surface area contributed by atoms with E-state index in [2.05, 4.69) is 5.32 Å². The number of nitrogens with two attached hydrogens (primary N) is 1. The second kappa shape index (κ2) is 3.53. The smallest absolute Gasteiger partial charge is 0.308 e. The van der Waals surface area contributed by atoms with Gasteiger partial charge in [-0.15, -0.1) is 0 Å². The summed E-state index contributed by atoms with van der Waals surface area (Å²) in [6.07, 6.45) is 0.520. The summed E-state index contributed by atoms with van der Waals surface area (Å²) in [4.78, 5) is 21.4. The lowest BCUT2D eigenvalue weighted by Gasteiger charge is -2.26. The van der Waals surface area contributed by atoms with Crippen molar-refractivity contribution in [1.82, 2.24) is 5.32 Å². The van der Waals surface area contributed by atoms with Gasteiger partial charge in [0.15, 0.2) is 0 Å². The zero-order valence-electron chi connectivity index (χ0n) is 6.62. The van der Waals surface area contributed by atoms with E-state index in [0.29, 0.717) is 19.5 Å². The van der Waals surface area contributed by atoms with Crippen LogP contribution in [0.3, 0.4) is 0 Å². The van der Waals surface area contributed by atoms with Crippen molar-refractivity contribution in [3.63, 3.8) is 0 Å². The molecule has 12 heavy (non-hydrogen) atoms. The Morgan fingerprint density at radius 3 is 2.50 bits per heavy atom. The summed E-state index contributed by atoms with van der Waals surface area (Å²) < 4.78 is 0. The summed E-state index contributed by atoms with van der Waals surface area (Å²) in [5.74, 6) is -2.63. The molecular formula is C7H12N2O3. The molecule has 0 aromatic rings. The van der Waals surface area contributed by atoms with E-state index in [1.54, 1.807) is 0 Å². The number of nitrogens with one attached hydrogen (secondary N) is 1. The van der Waals surface area contributed by atoms with Crippen LogP contribution in [0.15, 0.2) is 0 Å². The maximum atomic E-state index is 10.8. The molecule has 1 rings (SSSR count). The number of rotatable bonds is 2. The van der Waals surface area contributed by atoms with Gasteiger partial charge in [0, 0.05) is 6.54 Å². The molecule has 0 spiro atoms. The third-order valence-electron chi connectivity index (χ3n) is 2.16. The first-order chi connectivity index (χ1) is 5.63. The van der Waals surface area contributed by atoms with Crippen molar-refractivity contribution in [1.29, 1.82) is 0 Å². The molecule has 0 saturated carbocycles. The fourth-order valence-electron chi connectivity index (χ4n) is 1.46. The van der Waals surface area contributed by atoms with Gasteiger partial charge >= 0.3 is 5.97 Å². The van der Waals surface area contributed by atoms with Gasteiger partial charge in [0.05, 0.1) is 11.8 Å². The van der Waals surface area contributed by atoms with E-state index in [4.69, 9.17) is 10.8 Å². The molecule has 0 aliphatic carbocycles. The number of carboxylic acid groups (broad SMARTS) is 1. The van der Waals surface area contributed by atoms with Crippen LogP contribution >= 0.6 is 0 Å². The fraction of sp³-hybridized carbons (Fsp3) is 0.714. The third kappa shape index (κ3) is 1.73. The predicted octanol–water partition coefficient (Wildman–Crippen LogP) is -1.22. The minimum Gasteiger partial charge on any atom is -0.481 e. The second-order valence-corrected chi connectivity index (χ2v) is 2.95. The lowest BCUT2D eigenvalue weighted by Crippen LogP contribution is -2.46. The minimum atomic E-state index is -0.953. The van der Waals surface area contributed by atoms with Crippen molar-refractivity contribution in [2.45, 2.75) is 6.42 Å². The Bertz CT molecular complexity index is 183. The number of amides is 1. The molecule has 5 nitrogen and oxygen atoms in total. The molecule has 1 heterocycles. The Kier molecular flexibility index (Phi) is 2.65. The maximum absolute atomic E-state index is 10.8. The zero-order chi connectivity index (χ0) is 9.14. The molecule has 1 amide bonds. The van der Waals surface area contributed by atoms with E-state index in [9.17, 15) is 9.59 Å². The number of carbonyl (C=O) groups is 2. The summed E-state index contributed by atoms with van der Waals surface area (Å²) >= 11 is 0. The molecule has 5 heteroatoms. The summed E-state index contributed by atoms with van der Waals surface area (Å²) in [5, 5.41) is 11.6. The van der Waals surface area contributed by atoms with E-state index in [1.165, 1.54) is 0 Å².